The summed E-state index contributed by atoms with van der Waals surface area (Å²) >= 11 is 0. The van der Waals surface area contributed by atoms with Crippen LogP contribution in [0.25, 0.3) is 0 Å². The van der Waals surface area contributed by atoms with Crippen LogP contribution in [0.5, 0.6) is 0 Å². The van der Waals surface area contributed by atoms with Crippen LogP contribution < -0.4 is 5.32 Å². The van der Waals surface area contributed by atoms with Crippen molar-refractivity contribution < 1.29 is 9.90 Å². The van der Waals surface area contributed by atoms with E-state index >= 15 is 0 Å². The Morgan fingerprint density at radius 1 is 1.62 bits per heavy atom. The minimum absolute atomic E-state index is 0.126. The molecule has 0 bridgehead atoms. The first-order chi connectivity index (χ1) is 6.09. The second kappa shape index (κ2) is 6.66. The van der Waals surface area contributed by atoms with E-state index in [4.69, 9.17) is 5.11 Å². The van der Waals surface area contributed by atoms with Crippen LogP contribution in [0.1, 0.15) is 26.7 Å². The van der Waals surface area contributed by atoms with Gasteiger partial charge in [0.15, 0.2) is 0 Å². The molecule has 76 valence electrons. The van der Waals surface area contributed by atoms with Crippen molar-refractivity contribution in [2.75, 3.05) is 6.54 Å². The predicted octanol–water partition coefficient (Wildman–Crippen LogP) is 1.65. The molecule has 0 radical (unpaired) electrons. The van der Waals surface area contributed by atoms with Crippen LogP contribution in [0.15, 0.2) is 12.7 Å². The second-order valence-corrected chi connectivity index (χ2v) is 3.44. The topological polar surface area (TPSA) is 49.3 Å². The highest BCUT2D eigenvalue weighted by Crippen LogP contribution is 2.01. The minimum atomic E-state index is -0.770. The Kier molecular flexibility index (Phi) is 6.24. The number of aliphatic carboxylic acids is 1. The number of carboxylic acids is 1. The molecule has 0 aliphatic carbocycles. The fourth-order valence-electron chi connectivity index (χ4n) is 1.11. The van der Waals surface area contributed by atoms with Gasteiger partial charge < -0.3 is 10.4 Å². The van der Waals surface area contributed by atoms with Gasteiger partial charge in [0.1, 0.15) is 6.04 Å². The summed E-state index contributed by atoms with van der Waals surface area (Å²) in [5.74, 6) is -0.644. The van der Waals surface area contributed by atoms with Gasteiger partial charge in [-0.3, -0.25) is 4.79 Å². The van der Waals surface area contributed by atoms with Crippen LogP contribution in [0.2, 0.25) is 0 Å². The van der Waals surface area contributed by atoms with E-state index < -0.39 is 12.0 Å². The van der Waals surface area contributed by atoms with Gasteiger partial charge >= 0.3 is 5.97 Å². The average Bonchev–Trinajstić information content (AvgIpc) is 2.02. The molecule has 0 rings (SSSR count). The highest BCUT2D eigenvalue weighted by atomic mass is 16.4. The summed E-state index contributed by atoms with van der Waals surface area (Å²) in [6.07, 6.45) is 3.71. The standard InChI is InChI=1S/C10H19NO2/c1-4-5-6-7-11-9(8(2)3)10(12)13/h4,8-9,11H,1,5-7H2,2-3H3,(H,12,13). The van der Waals surface area contributed by atoms with Crippen molar-refractivity contribution in [1.29, 1.82) is 0 Å². The number of unbranched alkanes of at least 4 members (excludes halogenated alkanes) is 1. The number of allylic oxidation sites excluding steroid dienone is 1. The maximum Gasteiger partial charge on any atom is 0.320 e. The molecule has 2 N–H and O–H groups in total. The molecule has 0 amide bonds. The number of nitrogens with one attached hydrogen (secondary N) is 1. The Morgan fingerprint density at radius 2 is 2.23 bits per heavy atom. The maximum atomic E-state index is 10.7. The molecule has 0 aromatic rings. The Bertz CT molecular complexity index is 166. The third-order valence-electron chi connectivity index (χ3n) is 1.88. The average molecular weight is 185 g/mol. The van der Waals surface area contributed by atoms with E-state index in [2.05, 4.69) is 11.9 Å². The van der Waals surface area contributed by atoms with Gasteiger partial charge in [0, 0.05) is 0 Å². The Labute approximate surface area is 79.8 Å². The monoisotopic (exact) mass is 185 g/mol. The zero-order valence-electron chi connectivity index (χ0n) is 8.42. The molecule has 0 saturated carbocycles. The highest BCUT2D eigenvalue weighted by molar-refractivity contribution is 5.73. The number of carboxylic acid groups (broad SMARTS) is 1. The van der Waals surface area contributed by atoms with Crippen LogP contribution in [0.3, 0.4) is 0 Å². The van der Waals surface area contributed by atoms with Crippen molar-refractivity contribution in [3.05, 3.63) is 12.7 Å². The van der Waals surface area contributed by atoms with E-state index in [9.17, 15) is 4.79 Å². The van der Waals surface area contributed by atoms with E-state index in [1.54, 1.807) is 0 Å². The molecule has 0 aliphatic heterocycles. The molecule has 0 spiro atoms. The largest absolute Gasteiger partial charge is 0.480 e. The predicted molar refractivity (Wildman–Crippen MR) is 53.7 cm³/mol. The molecular formula is C10H19NO2. The highest BCUT2D eigenvalue weighted by Gasteiger charge is 2.19. The summed E-state index contributed by atoms with van der Waals surface area (Å²) in [7, 11) is 0. The number of rotatable bonds is 7. The SMILES string of the molecule is C=CCCCNC(C(=O)O)C(C)C. The maximum absolute atomic E-state index is 10.7. The quantitative estimate of drug-likeness (QED) is 0.468. The first kappa shape index (κ1) is 12.2. The molecule has 3 heteroatoms. The van der Waals surface area contributed by atoms with Crippen molar-refractivity contribution >= 4 is 5.97 Å². The lowest BCUT2D eigenvalue weighted by Crippen LogP contribution is -2.41. The lowest BCUT2D eigenvalue weighted by molar-refractivity contribution is -0.140. The molecule has 1 unspecified atom stereocenters. The molecule has 0 aromatic carbocycles. The molecule has 0 aromatic heterocycles. The number of hydrogen-bond donors (Lipinski definition) is 2. The van der Waals surface area contributed by atoms with Gasteiger partial charge in [0.05, 0.1) is 0 Å². The molecule has 0 heterocycles. The number of hydrogen-bond acceptors (Lipinski definition) is 2. The molecule has 0 fully saturated rings. The van der Waals surface area contributed by atoms with Crippen LogP contribution in [-0.4, -0.2) is 23.7 Å². The van der Waals surface area contributed by atoms with Crippen molar-refractivity contribution in [2.24, 2.45) is 5.92 Å². The second-order valence-electron chi connectivity index (χ2n) is 3.44. The van der Waals surface area contributed by atoms with Crippen molar-refractivity contribution in [2.45, 2.75) is 32.7 Å². The zero-order chi connectivity index (χ0) is 10.3. The fraction of sp³-hybridized carbons (Fsp3) is 0.700. The van der Waals surface area contributed by atoms with Gasteiger partial charge in [-0.25, -0.2) is 0 Å². The van der Waals surface area contributed by atoms with Crippen LogP contribution in [-0.2, 0) is 4.79 Å². The summed E-state index contributed by atoms with van der Waals surface area (Å²) in [6.45, 7) is 8.14. The molecule has 0 saturated heterocycles. The summed E-state index contributed by atoms with van der Waals surface area (Å²) < 4.78 is 0. The summed E-state index contributed by atoms with van der Waals surface area (Å²) in [4.78, 5) is 10.7. The van der Waals surface area contributed by atoms with Crippen molar-refractivity contribution in [3.63, 3.8) is 0 Å². The molecular weight excluding hydrogens is 166 g/mol. The first-order valence-electron chi connectivity index (χ1n) is 4.66. The van der Waals surface area contributed by atoms with Crippen LogP contribution in [0.4, 0.5) is 0 Å². The van der Waals surface area contributed by atoms with Crippen LogP contribution in [0, 0.1) is 5.92 Å². The van der Waals surface area contributed by atoms with E-state index in [1.165, 1.54) is 0 Å². The lowest BCUT2D eigenvalue weighted by atomic mass is 10.0. The molecule has 13 heavy (non-hydrogen) atoms. The van der Waals surface area contributed by atoms with E-state index in [0.29, 0.717) is 0 Å². The van der Waals surface area contributed by atoms with Crippen LogP contribution >= 0.6 is 0 Å². The first-order valence-corrected chi connectivity index (χ1v) is 4.66. The van der Waals surface area contributed by atoms with Gasteiger partial charge in [-0.1, -0.05) is 19.9 Å². The Balaban J connectivity index is 3.70. The molecule has 1 atom stereocenters. The summed E-state index contributed by atoms with van der Waals surface area (Å²) in [6, 6.07) is -0.426. The van der Waals surface area contributed by atoms with Gasteiger partial charge in [0.2, 0.25) is 0 Å². The molecule has 0 aliphatic rings. The van der Waals surface area contributed by atoms with E-state index in [1.807, 2.05) is 19.9 Å². The normalized spacial score (nSPS) is 12.8. The third-order valence-corrected chi connectivity index (χ3v) is 1.88. The third kappa shape index (κ3) is 5.42. The molecule has 3 nitrogen and oxygen atoms in total. The van der Waals surface area contributed by atoms with Gasteiger partial charge in [-0.2, -0.15) is 0 Å². The van der Waals surface area contributed by atoms with Gasteiger partial charge in [-0.15, -0.1) is 6.58 Å². The smallest absolute Gasteiger partial charge is 0.320 e. The van der Waals surface area contributed by atoms with E-state index in [-0.39, 0.29) is 5.92 Å². The van der Waals surface area contributed by atoms with E-state index in [0.717, 1.165) is 19.4 Å². The summed E-state index contributed by atoms with van der Waals surface area (Å²) in [5.41, 5.74) is 0. The fourth-order valence-corrected chi connectivity index (χ4v) is 1.11. The lowest BCUT2D eigenvalue weighted by Gasteiger charge is -2.17. The Morgan fingerprint density at radius 3 is 2.62 bits per heavy atom. The van der Waals surface area contributed by atoms with Crippen molar-refractivity contribution in [1.82, 2.24) is 5.32 Å². The minimum Gasteiger partial charge on any atom is -0.480 e. The Hall–Kier alpha value is -0.830. The van der Waals surface area contributed by atoms with Crippen molar-refractivity contribution in [3.8, 4) is 0 Å². The van der Waals surface area contributed by atoms with Gasteiger partial charge in [0.25, 0.3) is 0 Å². The zero-order valence-corrected chi connectivity index (χ0v) is 8.42. The van der Waals surface area contributed by atoms with Gasteiger partial charge in [-0.05, 0) is 25.3 Å². The number of carbonyl (C=O) groups is 1. The summed E-state index contributed by atoms with van der Waals surface area (Å²) in [5, 5.41) is 11.8.